The quantitative estimate of drug-likeness (QED) is 0.877. The molecule has 1 rings (SSSR count). The Bertz CT molecular complexity index is 354. The van der Waals surface area contributed by atoms with Gasteiger partial charge in [0.15, 0.2) is 0 Å². The maximum atomic E-state index is 12.6. The lowest BCUT2D eigenvalue weighted by Gasteiger charge is -2.10. The van der Waals surface area contributed by atoms with E-state index in [2.05, 4.69) is 15.9 Å². The zero-order valence-corrected chi connectivity index (χ0v) is 8.66. The third-order valence-electron chi connectivity index (χ3n) is 1.69. The molecular formula is C9H8BrFO3. The summed E-state index contributed by atoms with van der Waals surface area (Å²) in [5, 5.41) is 17.9. The first-order chi connectivity index (χ1) is 6.50. The molecule has 0 aliphatic heterocycles. The summed E-state index contributed by atoms with van der Waals surface area (Å²) >= 11 is 3.04. The van der Waals surface area contributed by atoms with Crippen molar-refractivity contribution in [1.29, 1.82) is 0 Å². The van der Waals surface area contributed by atoms with Gasteiger partial charge in [-0.1, -0.05) is 22.0 Å². The zero-order valence-electron chi connectivity index (χ0n) is 7.08. The Balaban J connectivity index is 2.90. The first kappa shape index (κ1) is 11.1. The Morgan fingerprint density at radius 1 is 1.57 bits per heavy atom. The Kier molecular flexibility index (Phi) is 3.60. The second kappa shape index (κ2) is 4.52. The highest BCUT2D eigenvalue weighted by Crippen LogP contribution is 2.26. The van der Waals surface area contributed by atoms with Crippen LogP contribution in [0.3, 0.4) is 0 Å². The van der Waals surface area contributed by atoms with Crippen molar-refractivity contribution in [3.8, 4) is 0 Å². The summed E-state index contributed by atoms with van der Waals surface area (Å²) in [7, 11) is 0. The van der Waals surface area contributed by atoms with Crippen LogP contribution < -0.4 is 0 Å². The first-order valence-electron chi connectivity index (χ1n) is 3.85. The molecule has 2 N–H and O–H groups in total. The molecule has 0 saturated carbocycles. The predicted octanol–water partition coefficient (Wildman–Crippen LogP) is 2.10. The van der Waals surface area contributed by atoms with Crippen molar-refractivity contribution in [3.63, 3.8) is 0 Å². The number of rotatable bonds is 3. The van der Waals surface area contributed by atoms with Crippen LogP contribution in [0.5, 0.6) is 0 Å². The van der Waals surface area contributed by atoms with Gasteiger partial charge in [-0.2, -0.15) is 0 Å². The fraction of sp³-hybridized carbons (Fsp3) is 0.222. The molecule has 0 aliphatic rings. The average molecular weight is 263 g/mol. The maximum absolute atomic E-state index is 12.6. The van der Waals surface area contributed by atoms with Gasteiger partial charge in [0.1, 0.15) is 5.82 Å². The largest absolute Gasteiger partial charge is 0.481 e. The van der Waals surface area contributed by atoms with Crippen molar-refractivity contribution in [2.24, 2.45) is 0 Å². The van der Waals surface area contributed by atoms with Crippen LogP contribution in [0.1, 0.15) is 18.1 Å². The lowest BCUT2D eigenvalue weighted by molar-refractivity contribution is -0.139. The smallest absolute Gasteiger partial charge is 0.306 e. The average Bonchev–Trinajstić information content (AvgIpc) is 2.01. The molecule has 0 saturated heterocycles. The van der Waals surface area contributed by atoms with Gasteiger partial charge in [0.05, 0.1) is 12.5 Å². The molecule has 0 spiro atoms. The summed E-state index contributed by atoms with van der Waals surface area (Å²) in [6.07, 6.45) is -1.52. The summed E-state index contributed by atoms with van der Waals surface area (Å²) in [4.78, 5) is 10.3. The molecular weight excluding hydrogens is 255 g/mol. The van der Waals surface area contributed by atoms with E-state index < -0.39 is 24.3 Å². The van der Waals surface area contributed by atoms with Gasteiger partial charge in [0.25, 0.3) is 0 Å². The summed E-state index contributed by atoms with van der Waals surface area (Å²) < 4.78 is 13.0. The summed E-state index contributed by atoms with van der Waals surface area (Å²) in [6, 6.07) is 3.71. The van der Waals surface area contributed by atoms with E-state index in [-0.39, 0.29) is 0 Å². The molecule has 0 aromatic heterocycles. The molecule has 14 heavy (non-hydrogen) atoms. The van der Waals surface area contributed by atoms with Crippen LogP contribution in [0.25, 0.3) is 0 Å². The number of aliphatic hydroxyl groups is 1. The predicted molar refractivity (Wildman–Crippen MR) is 51.3 cm³/mol. The van der Waals surface area contributed by atoms with E-state index in [4.69, 9.17) is 5.11 Å². The number of hydrogen-bond donors (Lipinski definition) is 2. The van der Waals surface area contributed by atoms with Gasteiger partial charge in [-0.3, -0.25) is 4.79 Å². The van der Waals surface area contributed by atoms with E-state index >= 15 is 0 Å². The van der Waals surface area contributed by atoms with Crippen LogP contribution in [0.2, 0.25) is 0 Å². The number of carboxylic acid groups (broad SMARTS) is 1. The minimum absolute atomic E-state index is 0.367. The van der Waals surface area contributed by atoms with Crippen molar-refractivity contribution in [3.05, 3.63) is 34.1 Å². The molecule has 0 amide bonds. The molecule has 0 radical (unpaired) electrons. The van der Waals surface area contributed by atoms with Crippen LogP contribution in [0.4, 0.5) is 4.39 Å². The molecule has 0 bridgehead atoms. The van der Waals surface area contributed by atoms with Crippen LogP contribution in [0, 0.1) is 5.82 Å². The van der Waals surface area contributed by atoms with E-state index in [1.54, 1.807) is 0 Å². The molecule has 1 atom stereocenters. The van der Waals surface area contributed by atoms with Gasteiger partial charge in [-0.25, -0.2) is 4.39 Å². The van der Waals surface area contributed by atoms with Crippen LogP contribution in [-0.4, -0.2) is 16.2 Å². The Hall–Kier alpha value is -0.940. The number of carbonyl (C=O) groups is 1. The Morgan fingerprint density at radius 2 is 2.21 bits per heavy atom. The number of carboxylic acids is 1. The zero-order chi connectivity index (χ0) is 10.7. The van der Waals surface area contributed by atoms with E-state index in [0.29, 0.717) is 10.0 Å². The minimum atomic E-state index is -1.12. The van der Waals surface area contributed by atoms with Crippen molar-refractivity contribution in [1.82, 2.24) is 0 Å². The molecule has 1 aromatic carbocycles. The van der Waals surface area contributed by atoms with Gasteiger partial charge in [0.2, 0.25) is 0 Å². The van der Waals surface area contributed by atoms with Crippen LogP contribution in [0.15, 0.2) is 22.7 Å². The summed E-state index contributed by atoms with van der Waals surface area (Å²) in [5.41, 5.74) is 0.369. The second-order valence-electron chi connectivity index (χ2n) is 2.78. The van der Waals surface area contributed by atoms with Crippen molar-refractivity contribution in [2.45, 2.75) is 12.5 Å². The monoisotopic (exact) mass is 262 g/mol. The van der Waals surface area contributed by atoms with E-state index in [1.165, 1.54) is 18.2 Å². The SMILES string of the molecule is O=C(O)C[C@@H](O)c1ccc(F)cc1Br. The molecule has 0 aliphatic carbocycles. The van der Waals surface area contributed by atoms with E-state index in [1.807, 2.05) is 0 Å². The van der Waals surface area contributed by atoms with Gasteiger partial charge < -0.3 is 10.2 Å². The van der Waals surface area contributed by atoms with Crippen LogP contribution >= 0.6 is 15.9 Å². The molecule has 5 heteroatoms. The number of benzene rings is 1. The first-order valence-corrected chi connectivity index (χ1v) is 4.65. The molecule has 1 aromatic rings. The Morgan fingerprint density at radius 3 is 2.71 bits per heavy atom. The normalized spacial score (nSPS) is 12.5. The number of aliphatic carboxylic acids is 1. The fourth-order valence-corrected chi connectivity index (χ4v) is 1.66. The van der Waals surface area contributed by atoms with Crippen molar-refractivity contribution >= 4 is 21.9 Å². The number of aliphatic hydroxyl groups excluding tert-OH is 1. The molecule has 76 valence electrons. The third kappa shape index (κ3) is 2.78. The summed E-state index contributed by atoms with van der Waals surface area (Å²) in [5.74, 6) is -1.54. The van der Waals surface area contributed by atoms with Gasteiger partial charge in [-0.05, 0) is 17.7 Å². The summed E-state index contributed by atoms with van der Waals surface area (Å²) in [6.45, 7) is 0. The molecule has 0 heterocycles. The van der Waals surface area contributed by atoms with E-state index in [0.717, 1.165) is 0 Å². The third-order valence-corrected chi connectivity index (χ3v) is 2.38. The number of hydrogen-bond acceptors (Lipinski definition) is 2. The van der Waals surface area contributed by atoms with Crippen molar-refractivity contribution < 1.29 is 19.4 Å². The lowest BCUT2D eigenvalue weighted by Crippen LogP contribution is -2.06. The van der Waals surface area contributed by atoms with Gasteiger partial charge >= 0.3 is 5.97 Å². The fourth-order valence-electron chi connectivity index (χ4n) is 1.05. The van der Waals surface area contributed by atoms with E-state index in [9.17, 15) is 14.3 Å². The van der Waals surface area contributed by atoms with Gasteiger partial charge in [-0.15, -0.1) is 0 Å². The lowest BCUT2D eigenvalue weighted by atomic mass is 10.1. The topological polar surface area (TPSA) is 57.5 Å². The molecule has 3 nitrogen and oxygen atoms in total. The highest BCUT2D eigenvalue weighted by atomic mass is 79.9. The minimum Gasteiger partial charge on any atom is -0.481 e. The highest BCUT2D eigenvalue weighted by Gasteiger charge is 2.15. The standard InChI is InChI=1S/C9H8BrFO3/c10-7-3-5(11)1-2-6(7)8(12)4-9(13)14/h1-3,8,12H,4H2,(H,13,14)/t8-/m1/s1. The number of halogens is 2. The Labute approximate surface area is 88.3 Å². The van der Waals surface area contributed by atoms with Crippen molar-refractivity contribution in [2.75, 3.05) is 0 Å². The maximum Gasteiger partial charge on any atom is 0.306 e. The second-order valence-corrected chi connectivity index (χ2v) is 3.63. The van der Waals surface area contributed by atoms with Gasteiger partial charge in [0, 0.05) is 4.47 Å². The molecule has 0 fully saturated rings. The molecule has 0 unspecified atom stereocenters. The highest BCUT2D eigenvalue weighted by molar-refractivity contribution is 9.10. The van der Waals surface area contributed by atoms with Crippen LogP contribution in [-0.2, 0) is 4.79 Å².